The van der Waals surface area contributed by atoms with E-state index in [0.29, 0.717) is 12.4 Å². The highest BCUT2D eigenvalue weighted by atomic mass is 16.5. The molecule has 1 N–H and O–H groups in total. The van der Waals surface area contributed by atoms with E-state index in [9.17, 15) is 5.11 Å². The summed E-state index contributed by atoms with van der Waals surface area (Å²) in [5, 5.41) is 16.1. The van der Waals surface area contributed by atoms with Crippen LogP contribution < -0.4 is 4.74 Å². The zero-order chi connectivity index (χ0) is 13.2. The molecule has 3 rings (SSSR count). The lowest BCUT2D eigenvalue weighted by atomic mass is 10.1. The zero-order valence-corrected chi connectivity index (χ0v) is 10.6. The van der Waals surface area contributed by atoms with Crippen LogP contribution >= 0.6 is 0 Å². The minimum atomic E-state index is 0.155. The third-order valence-electron chi connectivity index (χ3n) is 2.98. The van der Waals surface area contributed by atoms with Crippen molar-refractivity contribution in [1.29, 1.82) is 0 Å². The van der Waals surface area contributed by atoms with Gasteiger partial charge in [-0.15, -0.1) is 0 Å². The minimum absolute atomic E-state index is 0.155. The molecule has 1 aromatic heterocycles. The molecule has 2 aromatic carbocycles. The Morgan fingerprint density at radius 3 is 2.63 bits per heavy atom. The average Bonchev–Trinajstić information content (AvgIpc) is 2.82. The Hall–Kier alpha value is -2.49. The van der Waals surface area contributed by atoms with E-state index in [1.165, 1.54) is 0 Å². The van der Waals surface area contributed by atoms with Gasteiger partial charge in [-0.05, 0) is 22.9 Å². The molecule has 0 atom stereocenters. The van der Waals surface area contributed by atoms with Crippen molar-refractivity contribution in [1.82, 2.24) is 9.78 Å². The number of hydrogen-bond donors (Lipinski definition) is 1. The van der Waals surface area contributed by atoms with E-state index in [2.05, 4.69) is 5.10 Å². The zero-order valence-electron chi connectivity index (χ0n) is 10.6. The highest BCUT2D eigenvalue weighted by Crippen LogP contribution is 2.31. The fraction of sp³-hybridized carbons (Fsp3) is 0.133. The van der Waals surface area contributed by atoms with Crippen LogP contribution in [-0.4, -0.2) is 14.9 Å². The monoisotopic (exact) mass is 254 g/mol. The van der Waals surface area contributed by atoms with Crippen LogP contribution in [0.15, 0.2) is 48.8 Å². The number of aromatic hydroxyl groups is 1. The molecule has 4 heteroatoms. The summed E-state index contributed by atoms with van der Waals surface area (Å²) in [6.45, 7) is 0.389. The number of fused-ring (bicyclic) bond motifs is 1. The summed E-state index contributed by atoms with van der Waals surface area (Å²) >= 11 is 0. The summed E-state index contributed by atoms with van der Waals surface area (Å²) in [4.78, 5) is 0. The van der Waals surface area contributed by atoms with E-state index in [1.54, 1.807) is 16.9 Å². The molecular weight excluding hydrogens is 240 g/mol. The lowest BCUT2D eigenvalue weighted by Gasteiger charge is -2.08. The van der Waals surface area contributed by atoms with Gasteiger partial charge in [-0.3, -0.25) is 4.68 Å². The quantitative estimate of drug-likeness (QED) is 0.781. The van der Waals surface area contributed by atoms with Gasteiger partial charge in [-0.25, -0.2) is 0 Å². The maximum absolute atomic E-state index is 9.95. The predicted molar refractivity (Wildman–Crippen MR) is 73.2 cm³/mol. The van der Waals surface area contributed by atoms with Gasteiger partial charge in [0.05, 0.1) is 6.20 Å². The molecule has 0 spiro atoms. The van der Waals surface area contributed by atoms with Gasteiger partial charge in [0.2, 0.25) is 0 Å². The van der Waals surface area contributed by atoms with Gasteiger partial charge >= 0.3 is 0 Å². The number of phenols is 1. The summed E-state index contributed by atoms with van der Waals surface area (Å²) in [5.41, 5.74) is 0.968. The number of rotatable bonds is 3. The number of ether oxygens (including phenoxy) is 1. The molecule has 0 bridgehead atoms. The summed E-state index contributed by atoms with van der Waals surface area (Å²) in [7, 11) is 1.86. The molecule has 0 aliphatic rings. The van der Waals surface area contributed by atoms with Crippen LogP contribution in [0.5, 0.6) is 11.5 Å². The Morgan fingerprint density at radius 1 is 1.21 bits per heavy atom. The third kappa shape index (κ3) is 2.38. The molecule has 0 saturated heterocycles. The van der Waals surface area contributed by atoms with E-state index in [4.69, 9.17) is 4.74 Å². The summed E-state index contributed by atoms with van der Waals surface area (Å²) < 4.78 is 7.36. The fourth-order valence-corrected chi connectivity index (χ4v) is 2.03. The SMILES string of the molecule is Cn1cc(COc2cc3ccccc3cc2O)cn1. The summed E-state index contributed by atoms with van der Waals surface area (Å²) in [6, 6.07) is 11.4. The largest absolute Gasteiger partial charge is 0.504 e. The van der Waals surface area contributed by atoms with Gasteiger partial charge in [0.15, 0.2) is 11.5 Å². The molecule has 3 aromatic rings. The first-order valence-electron chi connectivity index (χ1n) is 6.04. The molecule has 0 saturated carbocycles. The highest BCUT2D eigenvalue weighted by Gasteiger charge is 2.06. The Kier molecular flexibility index (Phi) is 2.83. The topological polar surface area (TPSA) is 47.3 Å². The van der Waals surface area contributed by atoms with Crippen molar-refractivity contribution in [3.05, 3.63) is 54.4 Å². The second-order valence-electron chi connectivity index (χ2n) is 4.48. The van der Waals surface area contributed by atoms with Crippen molar-refractivity contribution in [3.8, 4) is 11.5 Å². The van der Waals surface area contributed by atoms with Crippen LogP contribution in [0.2, 0.25) is 0 Å². The first-order valence-corrected chi connectivity index (χ1v) is 6.04. The Balaban J connectivity index is 1.86. The normalized spacial score (nSPS) is 10.8. The van der Waals surface area contributed by atoms with Crippen LogP contribution in [0.3, 0.4) is 0 Å². The van der Waals surface area contributed by atoms with Gasteiger partial charge < -0.3 is 9.84 Å². The molecule has 0 aliphatic heterocycles. The molecule has 0 fully saturated rings. The van der Waals surface area contributed by atoms with E-state index in [0.717, 1.165) is 16.3 Å². The Labute approximate surface area is 110 Å². The van der Waals surface area contributed by atoms with Gasteiger partial charge in [-0.2, -0.15) is 5.10 Å². The second-order valence-corrected chi connectivity index (χ2v) is 4.48. The molecule has 19 heavy (non-hydrogen) atoms. The lowest BCUT2D eigenvalue weighted by molar-refractivity contribution is 0.289. The maximum atomic E-state index is 9.95. The van der Waals surface area contributed by atoms with E-state index >= 15 is 0 Å². The van der Waals surface area contributed by atoms with Crippen LogP contribution in [-0.2, 0) is 13.7 Å². The standard InChI is InChI=1S/C15H14N2O2/c1-17-9-11(8-16-17)10-19-15-7-13-5-3-2-4-12(13)6-14(15)18/h2-9,18H,10H2,1H3. The molecule has 4 nitrogen and oxygen atoms in total. The predicted octanol–water partition coefficient (Wildman–Crippen LogP) is 2.86. The van der Waals surface area contributed by atoms with Crippen molar-refractivity contribution in [3.63, 3.8) is 0 Å². The minimum Gasteiger partial charge on any atom is -0.504 e. The van der Waals surface area contributed by atoms with Crippen LogP contribution in [0, 0.1) is 0 Å². The Morgan fingerprint density at radius 2 is 1.95 bits per heavy atom. The highest BCUT2D eigenvalue weighted by molar-refractivity contribution is 5.85. The number of phenolic OH excluding ortho intramolecular Hbond substituents is 1. The molecule has 0 radical (unpaired) electrons. The van der Waals surface area contributed by atoms with E-state index in [-0.39, 0.29) is 5.75 Å². The fourth-order valence-electron chi connectivity index (χ4n) is 2.03. The summed E-state index contributed by atoms with van der Waals surface area (Å²) in [5.74, 6) is 0.644. The molecule has 0 unspecified atom stereocenters. The van der Waals surface area contributed by atoms with Crippen molar-refractivity contribution >= 4 is 10.8 Å². The van der Waals surface area contributed by atoms with E-state index in [1.807, 2.05) is 43.6 Å². The first-order chi connectivity index (χ1) is 9.22. The van der Waals surface area contributed by atoms with Gasteiger partial charge in [-0.1, -0.05) is 24.3 Å². The number of benzene rings is 2. The molecule has 1 heterocycles. The van der Waals surface area contributed by atoms with Crippen molar-refractivity contribution in [2.75, 3.05) is 0 Å². The lowest BCUT2D eigenvalue weighted by Crippen LogP contribution is -1.94. The van der Waals surface area contributed by atoms with Crippen LogP contribution in [0.25, 0.3) is 10.8 Å². The second kappa shape index (κ2) is 4.65. The average molecular weight is 254 g/mol. The number of nitrogens with zero attached hydrogens (tertiary/aromatic N) is 2. The number of aryl methyl sites for hydroxylation is 1. The van der Waals surface area contributed by atoms with Crippen molar-refractivity contribution < 1.29 is 9.84 Å². The van der Waals surface area contributed by atoms with Crippen molar-refractivity contribution in [2.24, 2.45) is 7.05 Å². The molecular formula is C15H14N2O2. The number of aromatic nitrogens is 2. The van der Waals surface area contributed by atoms with Crippen LogP contribution in [0.4, 0.5) is 0 Å². The molecule has 96 valence electrons. The first kappa shape index (κ1) is 11.6. The molecule has 0 aliphatic carbocycles. The summed E-state index contributed by atoms with van der Waals surface area (Å²) in [6.07, 6.45) is 3.64. The van der Waals surface area contributed by atoms with Gasteiger partial charge in [0.1, 0.15) is 6.61 Å². The third-order valence-corrected chi connectivity index (χ3v) is 2.98. The van der Waals surface area contributed by atoms with E-state index < -0.39 is 0 Å². The van der Waals surface area contributed by atoms with Crippen LogP contribution in [0.1, 0.15) is 5.56 Å². The molecule has 0 amide bonds. The maximum Gasteiger partial charge on any atom is 0.162 e. The van der Waals surface area contributed by atoms with Gasteiger partial charge in [0, 0.05) is 18.8 Å². The van der Waals surface area contributed by atoms with Crippen molar-refractivity contribution in [2.45, 2.75) is 6.61 Å². The Bertz CT molecular complexity index is 719. The number of hydrogen-bond acceptors (Lipinski definition) is 3. The smallest absolute Gasteiger partial charge is 0.162 e. The van der Waals surface area contributed by atoms with Gasteiger partial charge in [0.25, 0.3) is 0 Å².